The zero-order valence-electron chi connectivity index (χ0n) is 11.8. The third kappa shape index (κ3) is 3.69. The minimum absolute atomic E-state index is 0. The molecule has 0 spiro atoms. The molecule has 2 unspecified atom stereocenters. The Hall–Kier alpha value is -0.810. The second-order valence-electron chi connectivity index (χ2n) is 5.31. The number of piperazine rings is 1. The standard InChI is InChI=1S/C15H19ClN2O2.ClH/c16-12-4-1-3-11(9-12)13-10-17-6-7-18(13)15(19)14-5-2-8-20-14;/h1,3-4,9,13-14,17H,2,5-8,10H2;1H. The second-order valence-corrected chi connectivity index (χ2v) is 5.74. The van der Waals surface area contributed by atoms with Crippen molar-refractivity contribution in [3.63, 3.8) is 0 Å². The Morgan fingerprint density at radius 2 is 2.29 bits per heavy atom. The molecule has 2 aliphatic heterocycles. The summed E-state index contributed by atoms with van der Waals surface area (Å²) in [7, 11) is 0. The molecule has 0 aliphatic carbocycles. The number of carbonyl (C=O) groups is 1. The van der Waals surface area contributed by atoms with Crippen LogP contribution in [0.4, 0.5) is 0 Å². The molecule has 2 atom stereocenters. The van der Waals surface area contributed by atoms with Crippen molar-refractivity contribution in [3.8, 4) is 0 Å². The van der Waals surface area contributed by atoms with Crippen LogP contribution in [-0.4, -0.2) is 43.2 Å². The van der Waals surface area contributed by atoms with Gasteiger partial charge < -0.3 is 15.0 Å². The number of amides is 1. The maximum absolute atomic E-state index is 12.6. The fraction of sp³-hybridized carbons (Fsp3) is 0.533. The minimum Gasteiger partial charge on any atom is -0.368 e. The molecule has 3 rings (SSSR count). The maximum Gasteiger partial charge on any atom is 0.252 e. The molecule has 1 amide bonds. The Morgan fingerprint density at radius 3 is 3.00 bits per heavy atom. The fourth-order valence-corrected chi connectivity index (χ4v) is 3.14. The van der Waals surface area contributed by atoms with Gasteiger partial charge in [0.1, 0.15) is 6.10 Å². The molecule has 116 valence electrons. The molecule has 0 saturated carbocycles. The van der Waals surface area contributed by atoms with Crippen LogP contribution in [0.15, 0.2) is 24.3 Å². The molecule has 0 radical (unpaired) electrons. The molecule has 2 heterocycles. The summed E-state index contributed by atoms with van der Waals surface area (Å²) in [6.07, 6.45) is 1.56. The van der Waals surface area contributed by atoms with Gasteiger partial charge in [-0.1, -0.05) is 23.7 Å². The van der Waals surface area contributed by atoms with E-state index in [4.69, 9.17) is 16.3 Å². The largest absolute Gasteiger partial charge is 0.368 e. The molecule has 2 aliphatic rings. The highest BCUT2D eigenvalue weighted by Gasteiger charge is 2.34. The van der Waals surface area contributed by atoms with Gasteiger partial charge in [0.05, 0.1) is 6.04 Å². The SMILES string of the molecule is Cl.O=C(C1CCCO1)N1CCNCC1c1cccc(Cl)c1. The predicted molar refractivity (Wildman–Crippen MR) is 85.0 cm³/mol. The summed E-state index contributed by atoms with van der Waals surface area (Å²) in [5, 5.41) is 4.06. The Balaban J connectivity index is 0.00000161. The maximum atomic E-state index is 12.6. The highest BCUT2D eigenvalue weighted by Crippen LogP contribution is 2.27. The van der Waals surface area contributed by atoms with Crippen molar-refractivity contribution in [2.24, 2.45) is 0 Å². The number of benzene rings is 1. The fourth-order valence-electron chi connectivity index (χ4n) is 2.94. The lowest BCUT2D eigenvalue weighted by atomic mass is 10.0. The number of nitrogens with zero attached hydrogens (tertiary/aromatic N) is 1. The average molecular weight is 331 g/mol. The molecule has 0 bridgehead atoms. The van der Waals surface area contributed by atoms with Crippen LogP contribution in [0, 0.1) is 0 Å². The molecule has 21 heavy (non-hydrogen) atoms. The summed E-state index contributed by atoms with van der Waals surface area (Å²) in [4.78, 5) is 14.6. The van der Waals surface area contributed by atoms with Crippen molar-refractivity contribution >= 4 is 29.9 Å². The summed E-state index contributed by atoms with van der Waals surface area (Å²) in [6, 6.07) is 7.79. The predicted octanol–water partition coefficient (Wildman–Crippen LogP) is 2.41. The van der Waals surface area contributed by atoms with Crippen LogP contribution in [0.5, 0.6) is 0 Å². The Labute approximate surface area is 136 Å². The minimum atomic E-state index is -0.255. The Morgan fingerprint density at radius 1 is 1.43 bits per heavy atom. The number of carbonyl (C=O) groups excluding carboxylic acids is 1. The lowest BCUT2D eigenvalue weighted by molar-refractivity contribution is -0.144. The highest BCUT2D eigenvalue weighted by molar-refractivity contribution is 6.30. The molecular weight excluding hydrogens is 311 g/mol. The number of ether oxygens (including phenoxy) is 1. The number of hydrogen-bond acceptors (Lipinski definition) is 3. The molecule has 4 nitrogen and oxygen atoms in total. The summed E-state index contributed by atoms with van der Waals surface area (Å²) in [5.74, 6) is 0.119. The van der Waals surface area contributed by atoms with Gasteiger partial charge in [-0.2, -0.15) is 0 Å². The van der Waals surface area contributed by atoms with Crippen LogP contribution in [0.1, 0.15) is 24.4 Å². The van der Waals surface area contributed by atoms with Crippen LogP contribution in [0.2, 0.25) is 5.02 Å². The van der Waals surface area contributed by atoms with Crippen molar-refractivity contribution in [2.75, 3.05) is 26.2 Å². The smallest absolute Gasteiger partial charge is 0.252 e. The van der Waals surface area contributed by atoms with Crippen LogP contribution >= 0.6 is 24.0 Å². The molecule has 2 fully saturated rings. The summed E-state index contributed by atoms with van der Waals surface area (Å²) in [5.41, 5.74) is 1.08. The van der Waals surface area contributed by atoms with Gasteiger partial charge in [0, 0.05) is 31.3 Å². The van der Waals surface area contributed by atoms with E-state index in [1.165, 1.54) is 0 Å². The topological polar surface area (TPSA) is 41.6 Å². The van der Waals surface area contributed by atoms with Crippen molar-refractivity contribution in [2.45, 2.75) is 25.0 Å². The number of halogens is 2. The van der Waals surface area contributed by atoms with Gasteiger partial charge in [-0.05, 0) is 30.5 Å². The van der Waals surface area contributed by atoms with Crippen molar-refractivity contribution in [1.82, 2.24) is 10.2 Å². The first-order chi connectivity index (χ1) is 9.75. The third-order valence-corrected chi connectivity index (χ3v) is 4.20. The molecule has 1 aromatic carbocycles. The normalized spacial score (nSPS) is 25.5. The highest BCUT2D eigenvalue weighted by atomic mass is 35.5. The molecule has 1 N–H and O–H groups in total. The van der Waals surface area contributed by atoms with Gasteiger partial charge in [0.2, 0.25) is 0 Å². The van der Waals surface area contributed by atoms with E-state index in [9.17, 15) is 4.79 Å². The molecule has 6 heteroatoms. The quantitative estimate of drug-likeness (QED) is 0.905. The van der Waals surface area contributed by atoms with Crippen LogP contribution in [0.3, 0.4) is 0 Å². The van der Waals surface area contributed by atoms with Crippen molar-refractivity contribution in [1.29, 1.82) is 0 Å². The Kier molecular flexibility index (Phi) is 5.88. The van der Waals surface area contributed by atoms with Gasteiger partial charge in [0.25, 0.3) is 5.91 Å². The van der Waals surface area contributed by atoms with E-state index in [1.54, 1.807) is 0 Å². The van der Waals surface area contributed by atoms with E-state index < -0.39 is 0 Å². The van der Waals surface area contributed by atoms with E-state index in [-0.39, 0.29) is 30.5 Å². The lowest BCUT2D eigenvalue weighted by Crippen LogP contribution is -2.51. The second kappa shape index (κ2) is 7.45. The van der Waals surface area contributed by atoms with Gasteiger partial charge >= 0.3 is 0 Å². The molecular formula is C15H20Cl2N2O2. The monoisotopic (exact) mass is 330 g/mol. The van der Waals surface area contributed by atoms with E-state index >= 15 is 0 Å². The van der Waals surface area contributed by atoms with E-state index in [0.29, 0.717) is 11.6 Å². The first-order valence-electron chi connectivity index (χ1n) is 7.14. The number of nitrogens with one attached hydrogen (secondary N) is 1. The van der Waals surface area contributed by atoms with E-state index in [2.05, 4.69) is 5.32 Å². The van der Waals surface area contributed by atoms with Crippen LogP contribution in [0.25, 0.3) is 0 Å². The number of hydrogen-bond donors (Lipinski definition) is 1. The molecule has 2 saturated heterocycles. The van der Waals surface area contributed by atoms with Gasteiger partial charge in [-0.25, -0.2) is 0 Å². The first-order valence-corrected chi connectivity index (χ1v) is 7.52. The number of rotatable bonds is 2. The molecule has 1 aromatic rings. The first kappa shape index (κ1) is 16.6. The molecule has 0 aromatic heterocycles. The van der Waals surface area contributed by atoms with Crippen molar-refractivity contribution < 1.29 is 9.53 Å². The van der Waals surface area contributed by atoms with Gasteiger partial charge in [-0.15, -0.1) is 12.4 Å². The van der Waals surface area contributed by atoms with Crippen LogP contribution < -0.4 is 5.32 Å². The zero-order chi connectivity index (χ0) is 13.9. The van der Waals surface area contributed by atoms with Gasteiger partial charge in [-0.3, -0.25) is 4.79 Å². The zero-order valence-corrected chi connectivity index (χ0v) is 13.3. The third-order valence-electron chi connectivity index (χ3n) is 3.97. The summed E-state index contributed by atoms with van der Waals surface area (Å²) >= 11 is 6.07. The van der Waals surface area contributed by atoms with Gasteiger partial charge in [0.15, 0.2) is 0 Å². The van der Waals surface area contributed by atoms with E-state index in [1.807, 2.05) is 29.2 Å². The average Bonchev–Trinajstić information content (AvgIpc) is 3.01. The van der Waals surface area contributed by atoms with Crippen molar-refractivity contribution in [3.05, 3.63) is 34.9 Å². The summed E-state index contributed by atoms with van der Waals surface area (Å²) < 4.78 is 5.54. The van der Waals surface area contributed by atoms with E-state index in [0.717, 1.165) is 38.0 Å². The Bertz CT molecular complexity index is 492. The summed E-state index contributed by atoms with van der Waals surface area (Å²) in [6.45, 7) is 3.01. The lowest BCUT2D eigenvalue weighted by Gasteiger charge is -2.37. The van der Waals surface area contributed by atoms with Crippen LogP contribution in [-0.2, 0) is 9.53 Å².